The minimum atomic E-state index is -1.10. The van der Waals surface area contributed by atoms with Crippen molar-refractivity contribution in [2.24, 2.45) is 29.4 Å². The maximum atomic E-state index is 11.8. The normalized spacial score (nSPS) is 33.6. The quantitative estimate of drug-likeness (QED) is 0.552. The van der Waals surface area contributed by atoms with Crippen LogP contribution in [0.4, 0.5) is 0 Å². The second kappa shape index (κ2) is 4.20. The summed E-state index contributed by atoms with van der Waals surface area (Å²) in [5.74, 6) is -2.97. The summed E-state index contributed by atoms with van der Waals surface area (Å²) >= 11 is 0. The molecule has 1 saturated carbocycles. The minimum Gasteiger partial charge on any atom is -0.480 e. The Labute approximate surface area is 97.9 Å². The van der Waals surface area contributed by atoms with E-state index in [9.17, 15) is 14.4 Å². The number of carboxylic acids is 1. The summed E-state index contributed by atoms with van der Waals surface area (Å²) in [5.41, 5.74) is 5.30. The van der Waals surface area contributed by atoms with Gasteiger partial charge >= 0.3 is 5.97 Å². The van der Waals surface area contributed by atoms with E-state index in [-0.39, 0.29) is 11.8 Å². The Balaban J connectivity index is 2.08. The number of nitrogens with two attached hydrogens (primary N) is 1. The molecule has 17 heavy (non-hydrogen) atoms. The van der Waals surface area contributed by atoms with Crippen LogP contribution in [0.15, 0.2) is 12.2 Å². The van der Waals surface area contributed by atoms with Crippen molar-refractivity contribution in [2.45, 2.75) is 6.42 Å². The first-order chi connectivity index (χ1) is 8.00. The van der Waals surface area contributed by atoms with Gasteiger partial charge in [-0.25, -0.2) is 0 Å². The standard InChI is InChI=1S/C11H14N2O4/c12-10(16)8-5-1-2-6(3-5)9(8)11(17)13-4-7(14)15/h1-2,5-6,8-9H,3-4H2,(H2,12,16)(H,13,17)(H,14,15). The van der Waals surface area contributed by atoms with Crippen LogP contribution in [0.3, 0.4) is 0 Å². The molecule has 0 aromatic heterocycles. The molecule has 92 valence electrons. The summed E-state index contributed by atoms with van der Waals surface area (Å²) in [6.45, 7) is -0.429. The number of nitrogens with one attached hydrogen (secondary N) is 1. The Kier molecular flexibility index (Phi) is 2.87. The molecule has 1 fully saturated rings. The number of hydrogen-bond donors (Lipinski definition) is 3. The van der Waals surface area contributed by atoms with Gasteiger partial charge in [-0.2, -0.15) is 0 Å². The lowest BCUT2D eigenvalue weighted by molar-refractivity contribution is -0.139. The SMILES string of the molecule is NC(=O)C1C2C=CC(C2)C1C(=O)NCC(=O)O. The largest absolute Gasteiger partial charge is 0.480 e. The van der Waals surface area contributed by atoms with Crippen LogP contribution < -0.4 is 11.1 Å². The Morgan fingerprint density at radius 1 is 1.24 bits per heavy atom. The molecule has 0 aromatic rings. The zero-order valence-electron chi connectivity index (χ0n) is 9.13. The molecule has 0 saturated heterocycles. The van der Waals surface area contributed by atoms with Gasteiger partial charge in [-0.1, -0.05) is 12.2 Å². The van der Waals surface area contributed by atoms with E-state index in [1.54, 1.807) is 0 Å². The summed E-state index contributed by atoms with van der Waals surface area (Å²) in [4.78, 5) is 33.5. The third-order valence-electron chi connectivity index (χ3n) is 3.50. The van der Waals surface area contributed by atoms with Gasteiger partial charge in [0.15, 0.2) is 0 Å². The molecular formula is C11H14N2O4. The maximum Gasteiger partial charge on any atom is 0.322 e. The van der Waals surface area contributed by atoms with Crippen molar-refractivity contribution >= 4 is 17.8 Å². The maximum absolute atomic E-state index is 11.8. The van der Waals surface area contributed by atoms with E-state index in [4.69, 9.17) is 10.8 Å². The second-order valence-electron chi connectivity index (χ2n) is 4.51. The number of rotatable bonds is 4. The van der Waals surface area contributed by atoms with Gasteiger partial charge in [0.2, 0.25) is 11.8 Å². The van der Waals surface area contributed by atoms with Gasteiger partial charge in [0.25, 0.3) is 0 Å². The molecule has 0 spiro atoms. The van der Waals surface area contributed by atoms with Crippen molar-refractivity contribution in [2.75, 3.05) is 6.54 Å². The molecule has 0 heterocycles. The molecule has 0 radical (unpaired) electrons. The van der Waals surface area contributed by atoms with E-state index in [0.717, 1.165) is 6.42 Å². The molecule has 6 heteroatoms. The average Bonchev–Trinajstić information content (AvgIpc) is 2.84. The molecule has 2 amide bonds. The molecular weight excluding hydrogens is 224 g/mol. The van der Waals surface area contributed by atoms with Gasteiger partial charge in [0.05, 0.1) is 11.8 Å². The lowest BCUT2D eigenvalue weighted by Gasteiger charge is -2.24. The predicted molar refractivity (Wildman–Crippen MR) is 57.6 cm³/mol. The number of fused-ring (bicyclic) bond motifs is 2. The van der Waals surface area contributed by atoms with E-state index >= 15 is 0 Å². The van der Waals surface area contributed by atoms with Gasteiger partial charge in [-0.05, 0) is 18.3 Å². The van der Waals surface area contributed by atoms with Gasteiger partial charge in [0.1, 0.15) is 6.54 Å². The number of carbonyl (C=O) groups is 3. The molecule has 0 aromatic carbocycles. The first kappa shape index (κ1) is 11.6. The summed E-state index contributed by atoms with van der Waals surface area (Å²) in [5, 5.41) is 10.8. The fourth-order valence-electron chi connectivity index (χ4n) is 2.85. The first-order valence-electron chi connectivity index (χ1n) is 5.48. The van der Waals surface area contributed by atoms with Gasteiger partial charge in [0, 0.05) is 0 Å². The van der Waals surface area contributed by atoms with Gasteiger partial charge < -0.3 is 16.2 Å². The monoisotopic (exact) mass is 238 g/mol. The van der Waals surface area contributed by atoms with Crippen LogP contribution in [0.1, 0.15) is 6.42 Å². The third-order valence-corrected chi connectivity index (χ3v) is 3.50. The Bertz CT molecular complexity index is 404. The number of primary amides is 1. The molecule has 0 aliphatic heterocycles. The Morgan fingerprint density at radius 2 is 1.82 bits per heavy atom. The lowest BCUT2D eigenvalue weighted by Crippen LogP contribution is -2.43. The van der Waals surface area contributed by atoms with Crippen LogP contribution in [0.2, 0.25) is 0 Å². The highest BCUT2D eigenvalue weighted by Crippen LogP contribution is 2.47. The smallest absolute Gasteiger partial charge is 0.322 e. The van der Waals surface area contributed by atoms with Crippen LogP contribution in [-0.2, 0) is 14.4 Å². The lowest BCUT2D eigenvalue weighted by atomic mass is 9.82. The van der Waals surface area contributed by atoms with Crippen molar-refractivity contribution in [3.05, 3.63) is 12.2 Å². The van der Waals surface area contributed by atoms with Crippen molar-refractivity contribution in [1.82, 2.24) is 5.32 Å². The molecule has 4 unspecified atom stereocenters. The van der Waals surface area contributed by atoms with Crippen LogP contribution in [0.5, 0.6) is 0 Å². The molecule has 6 nitrogen and oxygen atoms in total. The van der Waals surface area contributed by atoms with E-state index in [2.05, 4.69) is 5.32 Å². The number of amides is 2. The predicted octanol–water partition coefficient (Wildman–Crippen LogP) is -0.889. The number of allylic oxidation sites excluding steroid dienone is 2. The van der Waals surface area contributed by atoms with E-state index in [1.165, 1.54) is 0 Å². The van der Waals surface area contributed by atoms with Crippen LogP contribution in [0.25, 0.3) is 0 Å². The van der Waals surface area contributed by atoms with Crippen molar-refractivity contribution in [1.29, 1.82) is 0 Å². The molecule has 2 rings (SSSR count). The highest BCUT2D eigenvalue weighted by Gasteiger charge is 2.50. The third kappa shape index (κ3) is 2.02. The molecule has 4 atom stereocenters. The number of hydrogen-bond acceptors (Lipinski definition) is 3. The summed E-state index contributed by atoms with van der Waals surface area (Å²) < 4.78 is 0. The van der Waals surface area contributed by atoms with E-state index < -0.39 is 36.2 Å². The zero-order valence-corrected chi connectivity index (χ0v) is 9.13. The highest BCUT2D eigenvalue weighted by atomic mass is 16.4. The summed E-state index contributed by atoms with van der Waals surface area (Å²) in [6.07, 6.45) is 4.58. The molecule has 2 aliphatic rings. The Hall–Kier alpha value is -1.85. The summed E-state index contributed by atoms with van der Waals surface area (Å²) in [6, 6.07) is 0. The zero-order chi connectivity index (χ0) is 12.6. The van der Waals surface area contributed by atoms with Crippen LogP contribution >= 0.6 is 0 Å². The first-order valence-corrected chi connectivity index (χ1v) is 5.48. The van der Waals surface area contributed by atoms with Crippen LogP contribution in [-0.4, -0.2) is 29.4 Å². The second-order valence-corrected chi connectivity index (χ2v) is 4.51. The molecule has 2 aliphatic carbocycles. The van der Waals surface area contributed by atoms with Gasteiger partial charge in [-0.3, -0.25) is 14.4 Å². The van der Waals surface area contributed by atoms with Crippen molar-refractivity contribution in [3.63, 3.8) is 0 Å². The Morgan fingerprint density at radius 3 is 2.35 bits per heavy atom. The highest BCUT2D eigenvalue weighted by molar-refractivity contribution is 5.90. The number of carboxylic acid groups (broad SMARTS) is 1. The van der Waals surface area contributed by atoms with E-state index in [0.29, 0.717) is 0 Å². The van der Waals surface area contributed by atoms with Crippen LogP contribution in [0, 0.1) is 23.7 Å². The molecule has 4 N–H and O–H groups in total. The topological polar surface area (TPSA) is 109 Å². The van der Waals surface area contributed by atoms with E-state index in [1.807, 2.05) is 12.2 Å². The summed E-state index contributed by atoms with van der Waals surface area (Å²) in [7, 11) is 0. The average molecular weight is 238 g/mol. The number of carbonyl (C=O) groups excluding carboxylic acids is 2. The fraction of sp³-hybridized carbons (Fsp3) is 0.545. The molecule has 2 bridgehead atoms. The fourth-order valence-corrected chi connectivity index (χ4v) is 2.85. The van der Waals surface area contributed by atoms with Crippen molar-refractivity contribution in [3.8, 4) is 0 Å². The van der Waals surface area contributed by atoms with Gasteiger partial charge in [-0.15, -0.1) is 0 Å². The number of aliphatic carboxylic acids is 1. The van der Waals surface area contributed by atoms with Crippen molar-refractivity contribution < 1.29 is 19.5 Å². The minimum absolute atomic E-state index is 0.00583.